The van der Waals surface area contributed by atoms with Crippen LogP contribution in [0.25, 0.3) is 0 Å². The Kier molecular flexibility index (Phi) is 8.38. The molecule has 1 aliphatic rings. The van der Waals surface area contributed by atoms with Crippen LogP contribution >= 0.6 is 0 Å². The van der Waals surface area contributed by atoms with Crippen LogP contribution in [0.3, 0.4) is 0 Å². The molecular weight excluding hydrogens is 368 g/mol. The van der Waals surface area contributed by atoms with E-state index in [1.54, 1.807) is 0 Å². The predicted molar refractivity (Wildman–Crippen MR) is 106 cm³/mol. The number of sulfone groups is 1. The average Bonchev–Trinajstić information content (AvgIpc) is 2.98. The maximum atomic E-state index is 11.9. The van der Waals surface area contributed by atoms with Gasteiger partial charge in [-0.2, -0.15) is 0 Å². The second-order valence-electron chi connectivity index (χ2n) is 6.27. The van der Waals surface area contributed by atoms with Crippen molar-refractivity contribution < 1.29 is 17.9 Å². The Bertz CT molecular complexity index is 722. The molecule has 1 amide bonds. The first-order valence-electron chi connectivity index (χ1n) is 9.18. The van der Waals surface area contributed by atoms with Gasteiger partial charge < -0.3 is 20.7 Å². The van der Waals surface area contributed by atoms with Gasteiger partial charge in [0, 0.05) is 19.0 Å². The fourth-order valence-corrected chi connectivity index (χ4v) is 4.35. The van der Waals surface area contributed by atoms with E-state index < -0.39 is 9.84 Å². The van der Waals surface area contributed by atoms with E-state index >= 15 is 0 Å². The Labute approximate surface area is 160 Å². The minimum Gasteiger partial charge on any atom is -0.492 e. The van der Waals surface area contributed by atoms with Crippen LogP contribution in [0.1, 0.15) is 19.8 Å². The van der Waals surface area contributed by atoms with Gasteiger partial charge in [0.1, 0.15) is 12.4 Å². The summed E-state index contributed by atoms with van der Waals surface area (Å²) in [5, 5.41) is 9.03. The van der Waals surface area contributed by atoms with Crippen LogP contribution in [-0.4, -0.2) is 64.1 Å². The van der Waals surface area contributed by atoms with E-state index in [0.29, 0.717) is 38.6 Å². The average molecular weight is 397 g/mol. The molecule has 150 valence electrons. The molecule has 1 unspecified atom stereocenters. The topological polar surface area (TPSA) is 109 Å². The highest BCUT2D eigenvalue weighted by molar-refractivity contribution is 7.91. The second kappa shape index (κ2) is 10.8. The molecule has 0 aliphatic carbocycles. The van der Waals surface area contributed by atoms with Gasteiger partial charge in [0.15, 0.2) is 15.8 Å². The minimum absolute atomic E-state index is 0.0353. The summed E-state index contributed by atoms with van der Waals surface area (Å²) in [6, 6.07) is 9.29. The molecule has 1 aromatic rings. The number of nitrogens with one attached hydrogen (secondary N) is 3. The molecule has 1 heterocycles. The largest absolute Gasteiger partial charge is 0.492 e. The predicted octanol–water partition coefficient (Wildman–Crippen LogP) is 0.314. The molecule has 1 saturated heterocycles. The summed E-state index contributed by atoms with van der Waals surface area (Å²) in [5.74, 6) is 1.44. The van der Waals surface area contributed by atoms with Crippen molar-refractivity contribution in [2.45, 2.75) is 25.8 Å². The van der Waals surface area contributed by atoms with Crippen LogP contribution in [0.4, 0.5) is 0 Å². The Morgan fingerprint density at radius 2 is 2.04 bits per heavy atom. The summed E-state index contributed by atoms with van der Waals surface area (Å²) in [7, 11) is -2.99. The molecule has 0 radical (unpaired) electrons. The van der Waals surface area contributed by atoms with Gasteiger partial charge in [-0.25, -0.2) is 8.42 Å². The third-order valence-corrected chi connectivity index (χ3v) is 5.72. The first-order chi connectivity index (χ1) is 13.0. The van der Waals surface area contributed by atoms with Gasteiger partial charge in [-0.3, -0.25) is 9.79 Å². The molecule has 1 fully saturated rings. The Morgan fingerprint density at radius 1 is 1.26 bits per heavy atom. The number of amides is 1. The zero-order valence-electron chi connectivity index (χ0n) is 15.6. The molecule has 8 nitrogen and oxygen atoms in total. The molecule has 1 aliphatic heterocycles. The third kappa shape index (κ3) is 8.29. The van der Waals surface area contributed by atoms with E-state index in [1.165, 1.54) is 0 Å². The number of guanidine groups is 1. The van der Waals surface area contributed by atoms with Crippen molar-refractivity contribution in [1.29, 1.82) is 0 Å². The van der Waals surface area contributed by atoms with Crippen LogP contribution in [0.2, 0.25) is 0 Å². The van der Waals surface area contributed by atoms with E-state index in [2.05, 4.69) is 20.9 Å². The van der Waals surface area contributed by atoms with E-state index in [0.717, 1.165) is 5.75 Å². The molecule has 1 aromatic carbocycles. The van der Waals surface area contributed by atoms with Gasteiger partial charge in [0.05, 0.1) is 24.6 Å². The van der Waals surface area contributed by atoms with Gasteiger partial charge in [0.2, 0.25) is 5.91 Å². The molecule has 9 heteroatoms. The highest BCUT2D eigenvalue weighted by Gasteiger charge is 2.28. The molecular formula is C18H28N4O4S. The number of ether oxygens (including phenoxy) is 1. The quantitative estimate of drug-likeness (QED) is 0.315. The van der Waals surface area contributed by atoms with Crippen molar-refractivity contribution in [3.63, 3.8) is 0 Å². The smallest absolute Gasteiger partial charge is 0.222 e. The highest BCUT2D eigenvalue weighted by Crippen LogP contribution is 2.11. The molecule has 1 atom stereocenters. The van der Waals surface area contributed by atoms with Crippen molar-refractivity contribution in [3.05, 3.63) is 30.3 Å². The lowest BCUT2D eigenvalue weighted by molar-refractivity contribution is -0.121. The van der Waals surface area contributed by atoms with Crippen LogP contribution in [0.5, 0.6) is 5.75 Å². The van der Waals surface area contributed by atoms with E-state index in [-0.39, 0.29) is 29.9 Å². The number of rotatable bonds is 9. The van der Waals surface area contributed by atoms with Crippen molar-refractivity contribution in [3.8, 4) is 5.75 Å². The zero-order valence-corrected chi connectivity index (χ0v) is 16.4. The number of nitrogens with zero attached hydrogens (tertiary/aromatic N) is 1. The highest BCUT2D eigenvalue weighted by atomic mass is 32.2. The number of hydrogen-bond acceptors (Lipinski definition) is 5. The van der Waals surface area contributed by atoms with Gasteiger partial charge in [-0.15, -0.1) is 0 Å². The fraction of sp³-hybridized carbons (Fsp3) is 0.556. The van der Waals surface area contributed by atoms with Crippen LogP contribution in [0.15, 0.2) is 35.3 Å². The number of aliphatic imine (C=N–C) groups is 1. The number of carbonyl (C=O) groups is 1. The van der Waals surface area contributed by atoms with Crippen molar-refractivity contribution in [1.82, 2.24) is 16.0 Å². The lowest BCUT2D eigenvalue weighted by atomic mass is 10.2. The van der Waals surface area contributed by atoms with Crippen molar-refractivity contribution in [2.75, 3.05) is 37.7 Å². The summed E-state index contributed by atoms with van der Waals surface area (Å²) in [4.78, 5) is 16.3. The van der Waals surface area contributed by atoms with Crippen molar-refractivity contribution in [2.24, 2.45) is 4.99 Å². The molecule has 0 aromatic heterocycles. The normalized spacial score (nSPS) is 18.7. The van der Waals surface area contributed by atoms with E-state index in [1.807, 2.05) is 37.3 Å². The number of benzene rings is 1. The Morgan fingerprint density at radius 3 is 2.70 bits per heavy atom. The molecule has 0 spiro atoms. The maximum Gasteiger partial charge on any atom is 0.222 e. The summed E-state index contributed by atoms with van der Waals surface area (Å²) in [6.07, 6.45) is 0.705. The standard InChI is InChI=1S/C18H28N4O4S/c1-2-19-18(21-11-12-26-16-6-4-3-5-7-16)20-10-8-17(23)22-15-9-13-27(24,25)14-15/h3-7,15H,2,8-14H2,1H3,(H,22,23)(H2,19,20,21). The molecule has 0 saturated carbocycles. The fourth-order valence-electron chi connectivity index (χ4n) is 2.67. The number of hydrogen-bond donors (Lipinski definition) is 3. The van der Waals surface area contributed by atoms with Crippen LogP contribution in [0, 0.1) is 0 Å². The van der Waals surface area contributed by atoms with Crippen LogP contribution in [-0.2, 0) is 14.6 Å². The summed E-state index contributed by atoms with van der Waals surface area (Å²) in [5.41, 5.74) is 0. The lowest BCUT2D eigenvalue weighted by Gasteiger charge is -2.13. The third-order valence-electron chi connectivity index (χ3n) is 3.96. The first-order valence-corrected chi connectivity index (χ1v) is 11.0. The maximum absolute atomic E-state index is 11.9. The summed E-state index contributed by atoms with van der Waals surface area (Å²) >= 11 is 0. The number of carbonyl (C=O) groups excluding carboxylic acids is 1. The first kappa shape index (κ1) is 21.0. The van der Waals surface area contributed by atoms with Crippen molar-refractivity contribution >= 4 is 21.7 Å². The van der Waals surface area contributed by atoms with Gasteiger partial charge in [0.25, 0.3) is 0 Å². The molecule has 3 N–H and O–H groups in total. The Hall–Kier alpha value is -2.29. The summed E-state index contributed by atoms with van der Waals surface area (Å²) < 4.78 is 28.4. The van der Waals surface area contributed by atoms with Gasteiger partial charge in [-0.1, -0.05) is 18.2 Å². The minimum atomic E-state index is -2.99. The number of para-hydroxylation sites is 1. The molecule has 27 heavy (non-hydrogen) atoms. The van der Waals surface area contributed by atoms with Gasteiger partial charge in [-0.05, 0) is 25.5 Å². The summed E-state index contributed by atoms with van der Waals surface area (Å²) in [6.45, 7) is 4.06. The zero-order chi connectivity index (χ0) is 19.5. The van der Waals surface area contributed by atoms with Crippen LogP contribution < -0.4 is 20.7 Å². The molecule has 2 rings (SSSR count). The monoisotopic (exact) mass is 396 g/mol. The Balaban J connectivity index is 1.67. The second-order valence-corrected chi connectivity index (χ2v) is 8.50. The van der Waals surface area contributed by atoms with E-state index in [4.69, 9.17) is 4.74 Å². The van der Waals surface area contributed by atoms with E-state index in [9.17, 15) is 13.2 Å². The molecule has 0 bridgehead atoms. The lowest BCUT2D eigenvalue weighted by Crippen LogP contribution is -2.40. The van der Waals surface area contributed by atoms with Gasteiger partial charge >= 0.3 is 0 Å². The SMILES string of the molecule is CCNC(=NCCC(=O)NC1CCS(=O)(=O)C1)NCCOc1ccccc1.